The van der Waals surface area contributed by atoms with Crippen molar-refractivity contribution in [3.63, 3.8) is 0 Å². The summed E-state index contributed by atoms with van der Waals surface area (Å²) in [7, 11) is 0. The highest BCUT2D eigenvalue weighted by molar-refractivity contribution is 6.04. The topological polar surface area (TPSA) is 66.1 Å². The Kier molecular flexibility index (Phi) is 2.42. The van der Waals surface area contributed by atoms with Gasteiger partial charge in [-0.25, -0.2) is 5.10 Å². The average Bonchev–Trinajstić information content (AvgIpc) is 3.10. The van der Waals surface area contributed by atoms with Crippen LogP contribution in [0.3, 0.4) is 0 Å². The van der Waals surface area contributed by atoms with Crippen LogP contribution in [0.15, 0.2) is 29.1 Å². The summed E-state index contributed by atoms with van der Waals surface area (Å²) in [6.07, 6.45) is 3.44. The van der Waals surface area contributed by atoms with Crippen molar-refractivity contribution in [2.24, 2.45) is 5.92 Å². The molecule has 2 atom stereocenters. The Labute approximate surface area is 115 Å². The largest absolute Gasteiger partial charge is 0.334 e. The molecule has 102 valence electrons. The lowest BCUT2D eigenvalue weighted by atomic mass is 10.1. The standard InChI is InChI=1S/C15H15N3O2/c19-14-12-4-2-1-3-11(12)13(16-17-14)15(20)18-8-9-5-6-10(18)7-9/h1-4,9-10H,5-8H2,(H,17,19). The Morgan fingerprint density at radius 1 is 1.25 bits per heavy atom. The molecule has 1 N–H and O–H groups in total. The first-order chi connectivity index (χ1) is 9.74. The van der Waals surface area contributed by atoms with Crippen LogP contribution in [0.2, 0.25) is 0 Å². The molecule has 20 heavy (non-hydrogen) atoms. The van der Waals surface area contributed by atoms with E-state index in [0.29, 0.717) is 28.4 Å². The smallest absolute Gasteiger partial charge is 0.275 e. The highest BCUT2D eigenvalue weighted by Gasteiger charge is 2.41. The summed E-state index contributed by atoms with van der Waals surface area (Å²) in [6.45, 7) is 0.832. The van der Waals surface area contributed by atoms with E-state index in [0.717, 1.165) is 19.4 Å². The second-order valence-corrected chi connectivity index (χ2v) is 5.74. The molecule has 2 heterocycles. The van der Waals surface area contributed by atoms with Gasteiger partial charge in [0.25, 0.3) is 11.5 Å². The van der Waals surface area contributed by atoms with E-state index in [1.165, 1.54) is 6.42 Å². The van der Waals surface area contributed by atoms with Crippen molar-refractivity contribution in [1.29, 1.82) is 0 Å². The lowest BCUT2D eigenvalue weighted by molar-refractivity contribution is 0.0698. The van der Waals surface area contributed by atoms with E-state index in [2.05, 4.69) is 10.2 Å². The number of benzene rings is 1. The van der Waals surface area contributed by atoms with Gasteiger partial charge in [0, 0.05) is 18.0 Å². The minimum absolute atomic E-state index is 0.0512. The Bertz CT molecular complexity index is 752. The first-order valence-electron chi connectivity index (χ1n) is 7.02. The quantitative estimate of drug-likeness (QED) is 0.854. The van der Waals surface area contributed by atoms with Crippen LogP contribution < -0.4 is 5.56 Å². The highest BCUT2D eigenvalue weighted by Crippen LogP contribution is 2.38. The zero-order chi connectivity index (χ0) is 13.7. The Morgan fingerprint density at radius 2 is 2.05 bits per heavy atom. The van der Waals surface area contributed by atoms with Crippen molar-refractivity contribution in [2.75, 3.05) is 6.54 Å². The second kappa shape index (κ2) is 4.16. The van der Waals surface area contributed by atoms with Crippen molar-refractivity contribution in [2.45, 2.75) is 25.3 Å². The van der Waals surface area contributed by atoms with Crippen LogP contribution >= 0.6 is 0 Å². The lowest BCUT2D eigenvalue weighted by Gasteiger charge is -2.26. The maximum Gasteiger partial charge on any atom is 0.275 e. The van der Waals surface area contributed by atoms with Crippen LogP contribution in [0.1, 0.15) is 29.8 Å². The first kappa shape index (κ1) is 11.6. The van der Waals surface area contributed by atoms with E-state index < -0.39 is 0 Å². The fraction of sp³-hybridized carbons (Fsp3) is 0.400. The van der Waals surface area contributed by atoms with E-state index >= 15 is 0 Å². The summed E-state index contributed by atoms with van der Waals surface area (Å²) in [5.41, 5.74) is 0.118. The van der Waals surface area contributed by atoms with Crippen LogP contribution in [-0.4, -0.2) is 33.6 Å². The molecule has 1 aromatic carbocycles. The molecule has 2 fully saturated rings. The van der Waals surface area contributed by atoms with Gasteiger partial charge in [0.05, 0.1) is 5.39 Å². The molecule has 5 heteroatoms. The molecule has 1 saturated carbocycles. The molecule has 2 aliphatic rings. The number of nitrogens with one attached hydrogen (secondary N) is 1. The van der Waals surface area contributed by atoms with Crippen molar-refractivity contribution in [3.05, 3.63) is 40.3 Å². The zero-order valence-corrected chi connectivity index (χ0v) is 11.0. The number of hydrogen-bond donors (Lipinski definition) is 1. The van der Waals surface area contributed by atoms with Gasteiger partial charge >= 0.3 is 0 Å². The van der Waals surface area contributed by atoms with E-state index in [1.807, 2.05) is 11.0 Å². The van der Waals surface area contributed by atoms with Crippen LogP contribution in [0.25, 0.3) is 10.8 Å². The minimum Gasteiger partial charge on any atom is -0.334 e. The molecule has 2 bridgehead atoms. The summed E-state index contributed by atoms with van der Waals surface area (Å²) >= 11 is 0. The van der Waals surface area contributed by atoms with E-state index in [9.17, 15) is 9.59 Å². The van der Waals surface area contributed by atoms with E-state index in [4.69, 9.17) is 0 Å². The average molecular weight is 269 g/mol. The number of amides is 1. The van der Waals surface area contributed by atoms with Crippen LogP contribution in [0.5, 0.6) is 0 Å². The first-order valence-corrected chi connectivity index (χ1v) is 7.02. The predicted molar refractivity (Wildman–Crippen MR) is 74.5 cm³/mol. The summed E-state index contributed by atoms with van der Waals surface area (Å²) in [4.78, 5) is 26.4. The number of aromatic nitrogens is 2. The molecule has 1 aliphatic heterocycles. The number of hydrogen-bond acceptors (Lipinski definition) is 3. The predicted octanol–water partition coefficient (Wildman–Crippen LogP) is 1.55. The number of aromatic amines is 1. The molecule has 5 nitrogen and oxygen atoms in total. The zero-order valence-electron chi connectivity index (χ0n) is 11.0. The molecule has 1 aliphatic carbocycles. The number of H-pyrrole nitrogens is 1. The number of likely N-dealkylation sites (tertiary alicyclic amines) is 1. The lowest BCUT2D eigenvalue weighted by Crippen LogP contribution is -2.38. The summed E-state index contributed by atoms with van der Waals surface area (Å²) in [5.74, 6) is 0.600. The fourth-order valence-electron chi connectivity index (χ4n) is 3.59. The van der Waals surface area contributed by atoms with Crippen molar-refractivity contribution in [1.82, 2.24) is 15.1 Å². The van der Waals surface area contributed by atoms with E-state index in [1.54, 1.807) is 18.2 Å². The Balaban J connectivity index is 1.81. The fourth-order valence-corrected chi connectivity index (χ4v) is 3.59. The maximum absolute atomic E-state index is 12.7. The molecule has 2 unspecified atom stereocenters. The molecule has 1 aromatic heterocycles. The number of piperidine rings is 1. The Morgan fingerprint density at radius 3 is 2.75 bits per heavy atom. The summed E-state index contributed by atoms with van der Waals surface area (Å²) in [6, 6.07) is 7.50. The van der Waals surface area contributed by atoms with Gasteiger partial charge < -0.3 is 4.90 Å². The van der Waals surface area contributed by atoms with Gasteiger partial charge in [0.1, 0.15) is 0 Å². The molecular weight excluding hydrogens is 254 g/mol. The minimum atomic E-state index is -0.250. The number of nitrogens with zero attached hydrogens (tertiary/aromatic N) is 2. The van der Waals surface area contributed by atoms with Crippen molar-refractivity contribution in [3.8, 4) is 0 Å². The van der Waals surface area contributed by atoms with Gasteiger partial charge in [-0.05, 0) is 31.2 Å². The highest BCUT2D eigenvalue weighted by atomic mass is 16.2. The summed E-state index contributed by atoms with van der Waals surface area (Å²) < 4.78 is 0. The molecular formula is C15H15N3O2. The molecule has 1 amide bonds. The van der Waals surface area contributed by atoms with Gasteiger partial charge in [-0.1, -0.05) is 18.2 Å². The van der Waals surface area contributed by atoms with Gasteiger partial charge in [-0.15, -0.1) is 0 Å². The van der Waals surface area contributed by atoms with Crippen LogP contribution in [0.4, 0.5) is 0 Å². The number of carbonyl (C=O) groups is 1. The third-order valence-corrected chi connectivity index (χ3v) is 4.57. The molecule has 0 spiro atoms. The number of fused-ring (bicyclic) bond motifs is 3. The number of rotatable bonds is 1. The molecule has 4 rings (SSSR count). The second-order valence-electron chi connectivity index (χ2n) is 5.74. The van der Waals surface area contributed by atoms with Crippen LogP contribution in [0, 0.1) is 5.92 Å². The van der Waals surface area contributed by atoms with Crippen molar-refractivity contribution < 1.29 is 4.79 Å². The van der Waals surface area contributed by atoms with Crippen LogP contribution in [-0.2, 0) is 0 Å². The Hall–Kier alpha value is -2.17. The monoisotopic (exact) mass is 269 g/mol. The van der Waals surface area contributed by atoms with E-state index in [-0.39, 0.29) is 11.5 Å². The van der Waals surface area contributed by atoms with Gasteiger partial charge in [-0.2, -0.15) is 5.10 Å². The van der Waals surface area contributed by atoms with Gasteiger partial charge in [0.15, 0.2) is 5.69 Å². The third-order valence-electron chi connectivity index (χ3n) is 4.57. The third kappa shape index (κ3) is 1.59. The molecule has 0 radical (unpaired) electrons. The number of carbonyl (C=O) groups excluding carboxylic acids is 1. The molecule has 1 saturated heterocycles. The molecule has 2 aromatic rings. The van der Waals surface area contributed by atoms with Gasteiger partial charge in [0.2, 0.25) is 0 Å². The maximum atomic E-state index is 12.7. The van der Waals surface area contributed by atoms with Crippen molar-refractivity contribution >= 4 is 16.7 Å². The SMILES string of the molecule is O=C(c1n[nH]c(=O)c2ccccc12)N1CC2CCC1C2. The summed E-state index contributed by atoms with van der Waals surface area (Å²) in [5, 5.41) is 7.61. The normalized spacial score (nSPS) is 24.5. The van der Waals surface area contributed by atoms with Gasteiger partial charge in [-0.3, -0.25) is 9.59 Å².